The Kier molecular flexibility index (Phi) is 3.99. The summed E-state index contributed by atoms with van der Waals surface area (Å²) in [7, 11) is 1.56. The second-order valence-electron chi connectivity index (χ2n) is 3.45. The van der Waals surface area contributed by atoms with Gasteiger partial charge < -0.3 is 4.90 Å². The smallest absolute Gasteiger partial charge is 0.292 e. The Bertz CT molecular complexity index is 404. The zero-order chi connectivity index (χ0) is 12.1. The van der Waals surface area contributed by atoms with Gasteiger partial charge in [-0.3, -0.25) is 14.9 Å². The number of rotatable bonds is 4. The van der Waals surface area contributed by atoms with Gasteiger partial charge >= 0.3 is 0 Å². The van der Waals surface area contributed by atoms with Crippen molar-refractivity contribution in [1.82, 2.24) is 0 Å². The molecule has 0 atom stereocenters. The molecule has 0 saturated heterocycles. The molecule has 1 aromatic carbocycles. The molecular weight excluding hydrogens is 208 g/mol. The van der Waals surface area contributed by atoms with Crippen LogP contribution in [0, 0.1) is 10.1 Å². The number of benzene rings is 1. The minimum absolute atomic E-state index is 0.0468. The highest BCUT2D eigenvalue weighted by Crippen LogP contribution is 2.26. The fourth-order valence-corrected chi connectivity index (χ4v) is 1.42. The second kappa shape index (κ2) is 5.25. The van der Waals surface area contributed by atoms with Gasteiger partial charge in [-0.2, -0.15) is 0 Å². The van der Waals surface area contributed by atoms with E-state index in [-0.39, 0.29) is 11.6 Å². The van der Waals surface area contributed by atoms with Gasteiger partial charge in [0.1, 0.15) is 5.69 Å². The fraction of sp³-hybridized carbons (Fsp3) is 0.364. The standard InChI is InChI=1S/C11H14N2O3/c1-3-6-11(14)12(2)9-7-4-5-8-10(9)13(15)16/h4-5,7-8H,3,6H2,1-2H3. The SMILES string of the molecule is CCCC(=O)N(C)c1ccccc1[N+](=O)[O-]. The lowest BCUT2D eigenvalue weighted by Gasteiger charge is -2.16. The molecule has 0 heterocycles. The molecule has 0 unspecified atom stereocenters. The third-order valence-electron chi connectivity index (χ3n) is 2.28. The van der Waals surface area contributed by atoms with Crippen LogP contribution in [-0.2, 0) is 4.79 Å². The number of nitrogens with zero attached hydrogens (tertiary/aromatic N) is 2. The van der Waals surface area contributed by atoms with E-state index in [2.05, 4.69) is 0 Å². The molecular formula is C11H14N2O3. The molecule has 5 heteroatoms. The van der Waals surface area contributed by atoms with E-state index < -0.39 is 4.92 Å². The number of hydrogen-bond donors (Lipinski definition) is 0. The van der Waals surface area contributed by atoms with Crippen LogP contribution in [0.15, 0.2) is 24.3 Å². The number of nitro groups is 1. The average Bonchev–Trinajstić information content (AvgIpc) is 2.28. The van der Waals surface area contributed by atoms with Crippen molar-refractivity contribution < 1.29 is 9.72 Å². The quantitative estimate of drug-likeness (QED) is 0.580. The lowest BCUT2D eigenvalue weighted by molar-refractivity contribution is -0.384. The van der Waals surface area contributed by atoms with Crippen molar-refractivity contribution >= 4 is 17.3 Å². The van der Waals surface area contributed by atoms with E-state index in [1.807, 2.05) is 6.92 Å². The zero-order valence-electron chi connectivity index (χ0n) is 9.34. The van der Waals surface area contributed by atoms with E-state index in [0.29, 0.717) is 12.1 Å². The van der Waals surface area contributed by atoms with Crippen molar-refractivity contribution in [3.8, 4) is 0 Å². The Morgan fingerprint density at radius 2 is 2.06 bits per heavy atom. The summed E-state index contributed by atoms with van der Waals surface area (Å²) in [5.74, 6) is -0.114. The van der Waals surface area contributed by atoms with Gasteiger partial charge in [0, 0.05) is 19.5 Å². The molecule has 0 saturated carbocycles. The topological polar surface area (TPSA) is 63.5 Å². The summed E-state index contributed by atoms with van der Waals surface area (Å²) in [5.41, 5.74) is 0.292. The predicted molar refractivity (Wildman–Crippen MR) is 61.4 cm³/mol. The first kappa shape index (κ1) is 12.2. The largest absolute Gasteiger partial charge is 0.310 e. The Hall–Kier alpha value is -1.91. The Labute approximate surface area is 93.8 Å². The molecule has 0 aliphatic rings. The first-order chi connectivity index (χ1) is 7.57. The van der Waals surface area contributed by atoms with Crippen molar-refractivity contribution in [3.63, 3.8) is 0 Å². The van der Waals surface area contributed by atoms with Gasteiger partial charge in [0.25, 0.3) is 5.69 Å². The van der Waals surface area contributed by atoms with Gasteiger partial charge in [0.15, 0.2) is 0 Å². The van der Waals surface area contributed by atoms with Crippen molar-refractivity contribution in [1.29, 1.82) is 0 Å². The summed E-state index contributed by atoms with van der Waals surface area (Å²) >= 11 is 0. The maximum absolute atomic E-state index is 11.6. The number of amides is 1. The molecule has 5 nitrogen and oxygen atoms in total. The Morgan fingerprint density at radius 3 is 2.62 bits per heavy atom. The lowest BCUT2D eigenvalue weighted by atomic mass is 10.2. The van der Waals surface area contributed by atoms with Crippen LogP contribution in [-0.4, -0.2) is 17.9 Å². The van der Waals surface area contributed by atoms with E-state index in [1.165, 1.54) is 11.0 Å². The highest BCUT2D eigenvalue weighted by Gasteiger charge is 2.19. The maximum Gasteiger partial charge on any atom is 0.292 e. The van der Waals surface area contributed by atoms with Gasteiger partial charge in [-0.15, -0.1) is 0 Å². The molecule has 0 N–H and O–H groups in total. The van der Waals surface area contributed by atoms with Crippen molar-refractivity contribution in [2.45, 2.75) is 19.8 Å². The van der Waals surface area contributed by atoms with Crippen LogP contribution in [0.3, 0.4) is 0 Å². The summed E-state index contributed by atoms with van der Waals surface area (Å²) in [6.45, 7) is 1.89. The van der Waals surface area contributed by atoms with Gasteiger partial charge in [-0.05, 0) is 12.5 Å². The average molecular weight is 222 g/mol. The molecule has 0 bridgehead atoms. The van der Waals surface area contributed by atoms with Crippen molar-refractivity contribution in [2.24, 2.45) is 0 Å². The monoisotopic (exact) mass is 222 g/mol. The number of carbonyl (C=O) groups excluding carboxylic acids is 1. The molecule has 86 valence electrons. The zero-order valence-corrected chi connectivity index (χ0v) is 9.34. The highest BCUT2D eigenvalue weighted by molar-refractivity contribution is 5.94. The minimum Gasteiger partial charge on any atom is -0.310 e. The second-order valence-corrected chi connectivity index (χ2v) is 3.45. The molecule has 16 heavy (non-hydrogen) atoms. The summed E-state index contributed by atoms with van der Waals surface area (Å²) in [6.07, 6.45) is 1.12. The molecule has 1 amide bonds. The van der Waals surface area contributed by atoms with Crippen LogP contribution >= 0.6 is 0 Å². The van der Waals surface area contributed by atoms with Crippen LogP contribution < -0.4 is 4.90 Å². The molecule has 0 aromatic heterocycles. The highest BCUT2D eigenvalue weighted by atomic mass is 16.6. The molecule has 1 aromatic rings. The normalized spacial score (nSPS) is 9.88. The first-order valence-electron chi connectivity index (χ1n) is 5.08. The summed E-state index contributed by atoms with van der Waals surface area (Å²) in [4.78, 5) is 23.2. The molecule has 0 aliphatic carbocycles. The minimum atomic E-state index is -0.481. The number of anilines is 1. The van der Waals surface area contributed by atoms with Gasteiger partial charge in [0.2, 0.25) is 5.91 Å². The number of carbonyl (C=O) groups is 1. The lowest BCUT2D eigenvalue weighted by Crippen LogP contribution is -2.26. The van der Waals surface area contributed by atoms with E-state index >= 15 is 0 Å². The number of hydrogen-bond acceptors (Lipinski definition) is 3. The van der Waals surface area contributed by atoms with Gasteiger partial charge in [0.05, 0.1) is 4.92 Å². The van der Waals surface area contributed by atoms with Crippen LogP contribution in [0.2, 0.25) is 0 Å². The Balaban J connectivity index is 3.03. The number of para-hydroxylation sites is 2. The van der Waals surface area contributed by atoms with Crippen LogP contribution in [0.25, 0.3) is 0 Å². The molecule has 0 fully saturated rings. The fourth-order valence-electron chi connectivity index (χ4n) is 1.42. The van der Waals surface area contributed by atoms with E-state index in [0.717, 1.165) is 6.42 Å². The maximum atomic E-state index is 11.6. The first-order valence-corrected chi connectivity index (χ1v) is 5.08. The predicted octanol–water partition coefficient (Wildman–Crippen LogP) is 2.36. The van der Waals surface area contributed by atoms with E-state index in [9.17, 15) is 14.9 Å². The molecule has 0 aliphatic heterocycles. The van der Waals surface area contributed by atoms with Crippen LogP contribution in [0.4, 0.5) is 11.4 Å². The van der Waals surface area contributed by atoms with Crippen LogP contribution in [0.5, 0.6) is 0 Å². The van der Waals surface area contributed by atoms with Crippen LogP contribution in [0.1, 0.15) is 19.8 Å². The summed E-state index contributed by atoms with van der Waals surface area (Å²) < 4.78 is 0. The van der Waals surface area contributed by atoms with Gasteiger partial charge in [-0.1, -0.05) is 19.1 Å². The molecule has 0 radical (unpaired) electrons. The van der Waals surface area contributed by atoms with Crippen molar-refractivity contribution in [2.75, 3.05) is 11.9 Å². The van der Waals surface area contributed by atoms with Gasteiger partial charge in [-0.25, -0.2) is 0 Å². The van der Waals surface area contributed by atoms with E-state index in [1.54, 1.807) is 25.2 Å². The third kappa shape index (κ3) is 2.56. The van der Waals surface area contributed by atoms with E-state index in [4.69, 9.17) is 0 Å². The summed E-state index contributed by atoms with van der Waals surface area (Å²) in [6, 6.07) is 6.23. The summed E-state index contributed by atoms with van der Waals surface area (Å²) in [5, 5.41) is 10.8. The van der Waals surface area contributed by atoms with Crippen molar-refractivity contribution in [3.05, 3.63) is 34.4 Å². The number of nitro benzene ring substituents is 1. The Morgan fingerprint density at radius 1 is 1.44 bits per heavy atom. The third-order valence-corrected chi connectivity index (χ3v) is 2.28. The molecule has 0 spiro atoms. The molecule has 1 rings (SSSR count).